The van der Waals surface area contributed by atoms with E-state index in [1.807, 2.05) is 25.1 Å². The summed E-state index contributed by atoms with van der Waals surface area (Å²) < 4.78 is 10.8. The van der Waals surface area contributed by atoms with E-state index in [1.165, 1.54) is 0 Å². The van der Waals surface area contributed by atoms with Gasteiger partial charge in [0.05, 0.1) is 18.6 Å². The first-order valence-corrected chi connectivity index (χ1v) is 6.93. The molecule has 0 saturated heterocycles. The van der Waals surface area contributed by atoms with Crippen LogP contribution in [0.5, 0.6) is 5.75 Å². The maximum Gasteiger partial charge on any atom is 0.231 e. The second-order valence-electron chi connectivity index (χ2n) is 5.36. The molecule has 1 saturated carbocycles. The maximum atomic E-state index is 6.09. The highest BCUT2D eigenvalue weighted by Gasteiger charge is 2.30. The molecule has 3 rings (SSSR count). The highest BCUT2D eigenvalue weighted by Crippen LogP contribution is 2.35. The normalized spacial score (nSPS) is 22.1. The summed E-state index contributed by atoms with van der Waals surface area (Å²) in [6.07, 6.45) is 3.17. The van der Waals surface area contributed by atoms with E-state index in [4.69, 9.17) is 15.0 Å². The molecular weight excluding hydrogens is 254 g/mol. The van der Waals surface area contributed by atoms with Crippen molar-refractivity contribution in [1.82, 2.24) is 10.1 Å². The molecule has 2 unspecified atom stereocenters. The van der Waals surface area contributed by atoms with E-state index in [0.717, 1.165) is 36.1 Å². The fourth-order valence-electron chi connectivity index (χ4n) is 2.79. The molecule has 0 radical (unpaired) electrons. The van der Waals surface area contributed by atoms with Gasteiger partial charge in [-0.25, -0.2) is 0 Å². The molecule has 106 valence electrons. The third-order valence-corrected chi connectivity index (χ3v) is 3.92. The average molecular weight is 273 g/mol. The first kappa shape index (κ1) is 13.1. The Morgan fingerprint density at radius 1 is 1.35 bits per heavy atom. The first-order chi connectivity index (χ1) is 9.69. The summed E-state index contributed by atoms with van der Waals surface area (Å²) in [6.45, 7) is 2.02. The van der Waals surface area contributed by atoms with Crippen LogP contribution in [0.2, 0.25) is 0 Å². The zero-order chi connectivity index (χ0) is 14.1. The topological polar surface area (TPSA) is 74.2 Å². The molecule has 1 aliphatic carbocycles. The lowest BCUT2D eigenvalue weighted by Crippen LogP contribution is -2.22. The number of aryl methyl sites for hydroxylation is 1. The summed E-state index contributed by atoms with van der Waals surface area (Å²) in [7, 11) is 1.64. The predicted molar refractivity (Wildman–Crippen MR) is 75.6 cm³/mol. The highest BCUT2D eigenvalue weighted by atomic mass is 16.5. The molecule has 1 aromatic heterocycles. The van der Waals surface area contributed by atoms with Crippen LogP contribution in [0.3, 0.4) is 0 Å². The van der Waals surface area contributed by atoms with Crippen LogP contribution in [-0.2, 0) is 0 Å². The van der Waals surface area contributed by atoms with Gasteiger partial charge in [0, 0.05) is 6.04 Å². The van der Waals surface area contributed by atoms with E-state index >= 15 is 0 Å². The Hall–Kier alpha value is -1.88. The van der Waals surface area contributed by atoms with Crippen LogP contribution in [0.1, 0.15) is 36.6 Å². The minimum Gasteiger partial charge on any atom is -0.496 e. The molecule has 2 N–H and O–H groups in total. The maximum absolute atomic E-state index is 6.09. The van der Waals surface area contributed by atoms with E-state index < -0.39 is 0 Å². The highest BCUT2D eigenvalue weighted by molar-refractivity contribution is 5.64. The number of hydrogen-bond donors (Lipinski definition) is 1. The fourth-order valence-corrected chi connectivity index (χ4v) is 2.79. The molecule has 0 amide bonds. The zero-order valence-electron chi connectivity index (χ0n) is 11.8. The number of benzene rings is 1. The van der Waals surface area contributed by atoms with E-state index in [-0.39, 0.29) is 12.0 Å². The van der Waals surface area contributed by atoms with Gasteiger partial charge in [-0.05, 0) is 31.9 Å². The molecule has 5 nitrogen and oxygen atoms in total. The SMILES string of the molecule is COc1ccc(C)cc1-c1noc(C2CCCC2N)n1. The first-order valence-electron chi connectivity index (χ1n) is 6.93. The third-order valence-electron chi connectivity index (χ3n) is 3.92. The molecule has 20 heavy (non-hydrogen) atoms. The smallest absolute Gasteiger partial charge is 0.231 e. The predicted octanol–water partition coefficient (Wildman–Crippen LogP) is 2.65. The van der Waals surface area contributed by atoms with Crippen molar-refractivity contribution in [2.75, 3.05) is 7.11 Å². The van der Waals surface area contributed by atoms with Gasteiger partial charge in [0.25, 0.3) is 0 Å². The third kappa shape index (κ3) is 2.29. The van der Waals surface area contributed by atoms with Crippen LogP contribution in [0.15, 0.2) is 22.7 Å². The van der Waals surface area contributed by atoms with Gasteiger partial charge in [0.1, 0.15) is 5.75 Å². The van der Waals surface area contributed by atoms with Gasteiger partial charge < -0.3 is 15.0 Å². The lowest BCUT2D eigenvalue weighted by atomic mass is 10.0. The van der Waals surface area contributed by atoms with Crippen LogP contribution in [0.25, 0.3) is 11.4 Å². The summed E-state index contributed by atoms with van der Waals surface area (Å²) in [6, 6.07) is 6.04. The summed E-state index contributed by atoms with van der Waals surface area (Å²) in [4.78, 5) is 4.52. The minimum atomic E-state index is 0.128. The number of nitrogens with two attached hydrogens (primary N) is 1. The largest absolute Gasteiger partial charge is 0.496 e. The Kier molecular flexibility index (Phi) is 3.44. The van der Waals surface area contributed by atoms with Crippen molar-refractivity contribution in [3.8, 4) is 17.1 Å². The summed E-state index contributed by atoms with van der Waals surface area (Å²) in [5, 5.41) is 4.09. The minimum absolute atomic E-state index is 0.128. The quantitative estimate of drug-likeness (QED) is 0.930. The lowest BCUT2D eigenvalue weighted by molar-refractivity contribution is 0.345. The van der Waals surface area contributed by atoms with Gasteiger partial charge in [-0.1, -0.05) is 23.2 Å². The molecule has 2 aromatic rings. The van der Waals surface area contributed by atoms with Crippen molar-refractivity contribution in [3.63, 3.8) is 0 Å². The molecule has 1 aromatic carbocycles. The van der Waals surface area contributed by atoms with Crippen LogP contribution in [0, 0.1) is 6.92 Å². The number of ether oxygens (including phenoxy) is 1. The Morgan fingerprint density at radius 2 is 2.20 bits per heavy atom. The summed E-state index contributed by atoms with van der Waals surface area (Å²) >= 11 is 0. The fraction of sp³-hybridized carbons (Fsp3) is 0.467. The number of rotatable bonds is 3. The second kappa shape index (κ2) is 5.25. The molecule has 2 atom stereocenters. The molecule has 0 aliphatic heterocycles. The van der Waals surface area contributed by atoms with E-state index in [0.29, 0.717) is 11.7 Å². The molecule has 0 bridgehead atoms. The molecule has 5 heteroatoms. The number of methoxy groups -OCH3 is 1. The second-order valence-corrected chi connectivity index (χ2v) is 5.36. The Labute approximate surface area is 118 Å². The van der Waals surface area contributed by atoms with Crippen LogP contribution < -0.4 is 10.5 Å². The van der Waals surface area contributed by atoms with Crippen LogP contribution in [0.4, 0.5) is 0 Å². The number of aromatic nitrogens is 2. The Balaban J connectivity index is 1.95. The molecular formula is C15H19N3O2. The molecule has 0 spiro atoms. The van der Waals surface area contributed by atoms with E-state index in [9.17, 15) is 0 Å². The van der Waals surface area contributed by atoms with Crippen molar-refractivity contribution in [2.45, 2.75) is 38.1 Å². The number of nitrogens with zero attached hydrogens (tertiary/aromatic N) is 2. The van der Waals surface area contributed by atoms with E-state index in [2.05, 4.69) is 10.1 Å². The van der Waals surface area contributed by atoms with Gasteiger partial charge in [0.2, 0.25) is 11.7 Å². The van der Waals surface area contributed by atoms with Crippen LogP contribution >= 0.6 is 0 Å². The average Bonchev–Trinajstić information content (AvgIpc) is 3.07. The molecule has 1 aliphatic rings. The van der Waals surface area contributed by atoms with Gasteiger partial charge >= 0.3 is 0 Å². The summed E-state index contributed by atoms with van der Waals surface area (Å²) in [5.74, 6) is 2.15. The lowest BCUT2D eigenvalue weighted by Gasteiger charge is -2.09. The summed E-state index contributed by atoms with van der Waals surface area (Å²) in [5.41, 5.74) is 8.07. The van der Waals surface area contributed by atoms with Crippen molar-refractivity contribution < 1.29 is 9.26 Å². The Morgan fingerprint density at radius 3 is 2.90 bits per heavy atom. The van der Waals surface area contributed by atoms with Crippen LogP contribution in [-0.4, -0.2) is 23.3 Å². The Bertz CT molecular complexity index is 609. The van der Waals surface area contributed by atoms with Crippen molar-refractivity contribution in [2.24, 2.45) is 5.73 Å². The molecule has 1 heterocycles. The van der Waals surface area contributed by atoms with Gasteiger partial charge in [-0.3, -0.25) is 0 Å². The monoisotopic (exact) mass is 273 g/mol. The van der Waals surface area contributed by atoms with Gasteiger partial charge in [-0.2, -0.15) is 4.98 Å². The van der Waals surface area contributed by atoms with Crippen molar-refractivity contribution in [3.05, 3.63) is 29.7 Å². The van der Waals surface area contributed by atoms with E-state index in [1.54, 1.807) is 7.11 Å². The number of hydrogen-bond acceptors (Lipinski definition) is 5. The van der Waals surface area contributed by atoms with Crippen molar-refractivity contribution in [1.29, 1.82) is 0 Å². The van der Waals surface area contributed by atoms with Crippen molar-refractivity contribution >= 4 is 0 Å². The van der Waals surface area contributed by atoms with Gasteiger partial charge in [0.15, 0.2) is 0 Å². The van der Waals surface area contributed by atoms with Gasteiger partial charge in [-0.15, -0.1) is 0 Å². The molecule has 1 fully saturated rings. The standard InChI is InChI=1S/C15H19N3O2/c1-9-6-7-13(19-2)11(8-9)14-17-15(20-18-14)10-4-3-5-12(10)16/h6-8,10,12H,3-5,16H2,1-2H3. The zero-order valence-corrected chi connectivity index (χ0v) is 11.8.